The standard InChI is InChI=1S/C12H14O.K/c1-8(2)11-7-12(11)9-3-5-10(13)6-4-9;/h3-6,12-13H,7H2,1-2H3;/q;+1/p-1. The van der Waals surface area contributed by atoms with Crippen LogP contribution in [0.4, 0.5) is 0 Å². The number of allylic oxidation sites excluding steroid dienone is 2. The number of benzene rings is 1. The van der Waals surface area contributed by atoms with Crippen LogP contribution in [0.1, 0.15) is 31.7 Å². The van der Waals surface area contributed by atoms with Crippen molar-refractivity contribution in [3.63, 3.8) is 0 Å². The summed E-state index contributed by atoms with van der Waals surface area (Å²) < 4.78 is 0. The van der Waals surface area contributed by atoms with Crippen LogP contribution in [0, 0.1) is 0 Å². The molecule has 0 heterocycles. The molecule has 2 rings (SSSR count). The zero-order chi connectivity index (χ0) is 9.42. The van der Waals surface area contributed by atoms with Crippen LogP contribution in [0.15, 0.2) is 35.4 Å². The second-order valence-corrected chi connectivity index (χ2v) is 3.85. The molecule has 0 amide bonds. The van der Waals surface area contributed by atoms with Gasteiger partial charge in [-0.1, -0.05) is 35.4 Å². The Bertz CT molecular complexity index is 347. The van der Waals surface area contributed by atoms with Gasteiger partial charge >= 0.3 is 51.4 Å². The van der Waals surface area contributed by atoms with E-state index in [4.69, 9.17) is 0 Å². The van der Waals surface area contributed by atoms with Crippen molar-refractivity contribution in [2.24, 2.45) is 0 Å². The molecule has 0 radical (unpaired) electrons. The van der Waals surface area contributed by atoms with E-state index in [0.29, 0.717) is 5.92 Å². The van der Waals surface area contributed by atoms with E-state index in [2.05, 4.69) is 13.8 Å². The molecule has 1 aromatic rings. The van der Waals surface area contributed by atoms with E-state index < -0.39 is 0 Å². The minimum absolute atomic E-state index is 0. The Morgan fingerprint density at radius 1 is 1.21 bits per heavy atom. The monoisotopic (exact) mass is 212 g/mol. The molecule has 1 aromatic carbocycles. The SMILES string of the molecule is CC(C)=C1CC1c1ccc([O-])cc1.[K+]. The molecule has 0 aromatic heterocycles. The molecule has 1 nitrogen and oxygen atoms in total. The van der Waals surface area contributed by atoms with E-state index in [9.17, 15) is 5.11 Å². The predicted octanol–water partition coefficient (Wildman–Crippen LogP) is -0.412. The van der Waals surface area contributed by atoms with Crippen LogP contribution in [-0.2, 0) is 0 Å². The summed E-state index contributed by atoms with van der Waals surface area (Å²) in [5, 5.41) is 10.9. The number of hydrogen-bond acceptors (Lipinski definition) is 1. The van der Waals surface area contributed by atoms with Gasteiger partial charge in [0.2, 0.25) is 0 Å². The van der Waals surface area contributed by atoms with Gasteiger partial charge in [-0.05, 0) is 25.8 Å². The van der Waals surface area contributed by atoms with Gasteiger partial charge in [0.15, 0.2) is 0 Å². The average Bonchev–Trinajstić information content (AvgIpc) is 2.85. The molecular formula is C12H13KO. The third kappa shape index (κ3) is 2.71. The van der Waals surface area contributed by atoms with E-state index in [1.807, 2.05) is 12.1 Å². The molecule has 0 saturated heterocycles. The van der Waals surface area contributed by atoms with Crippen molar-refractivity contribution < 1.29 is 56.5 Å². The smallest absolute Gasteiger partial charge is 0.872 e. The molecule has 1 aliphatic rings. The summed E-state index contributed by atoms with van der Waals surface area (Å²) >= 11 is 0. The summed E-state index contributed by atoms with van der Waals surface area (Å²) in [6.07, 6.45) is 1.18. The van der Waals surface area contributed by atoms with Gasteiger partial charge in [-0.3, -0.25) is 0 Å². The van der Waals surface area contributed by atoms with Gasteiger partial charge in [0.1, 0.15) is 0 Å². The van der Waals surface area contributed by atoms with Gasteiger partial charge in [0, 0.05) is 5.92 Å². The van der Waals surface area contributed by atoms with Crippen molar-refractivity contribution in [3.8, 4) is 5.75 Å². The van der Waals surface area contributed by atoms with Crippen LogP contribution < -0.4 is 56.5 Å². The van der Waals surface area contributed by atoms with Crippen LogP contribution in [-0.4, -0.2) is 0 Å². The first-order chi connectivity index (χ1) is 6.18. The van der Waals surface area contributed by atoms with Crippen LogP contribution >= 0.6 is 0 Å². The first-order valence-electron chi connectivity index (χ1n) is 4.61. The third-order valence-electron chi connectivity index (χ3n) is 2.61. The average molecular weight is 212 g/mol. The molecule has 1 saturated carbocycles. The van der Waals surface area contributed by atoms with Gasteiger partial charge < -0.3 is 5.11 Å². The molecule has 2 heteroatoms. The Hall–Kier alpha value is 0.396. The molecule has 1 aliphatic carbocycles. The zero-order valence-electron chi connectivity index (χ0n) is 9.00. The Morgan fingerprint density at radius 3 is 2.21 bits per heavy atom. The Kier molecular flexibility index (Phi) is 4.41. The Labute approximate surface area is 128 Å². The minimum atomic E-state index is 0. The summed E-state index contributed by atoms with van der Waals surface area (Å²) in [6, 6.07) is 7.19. The Morgan fingerprint density at radius 2 is 1.79 bits per heavy atom. The van der Waals surface area contributed by atoms with Crippen molar-refractivity contribution in [1.29, 1.82) is 0 Å². The molecule has 0 bridgehead atoms. The van der Waals surface area contributed by atoms with Crippen LogP contribution in [0.25, 0.3) is 0 Å². The van der Waals surface area contributed by atoms with Crippen LogP contribution in [0.3, 0.4) is 0 Å². The summed E-state index contributed by atoms with van der Waals surface area (Å²) in [5.41, 5.74) is 4.26. The molecule has 1 unspecified atom stereocenters. The summed E-state index contributed by atoms with van der Waals surface area (Å²) in [6.45, 7) is 4.30. The second kappa shape index (κ2) is 4.95. The van der Waals surface area contributed by atoms with Gasteiger partial charge in [0.05, 0.1) is 0 Å². The quantitative estimate of drug-likeness (QED) is 0.458. The van der Waals surface area contributed by atoms with E-state index >= 15 is 0 Å². The van der Waals surface area contributed by atoms with Crippen molar-refractivity contribution in [2.45, 2.75) is 26.2 Å². The molecule has 1 fully saturated rings. The fraction of sp³-hybridized carbons (Fsp3) is 0.333. The van der Waals surface area contributed by atoms with Gasteiger partial charge in [-0.2, -0.15) is 0 Å². The van der Waals surface area contributed by atoms with Crippen molar-refractivity contribution in [3.05, 3.63) is 41.0 Å². The van der Waals surface area contributed by atoms with Gasteiger partial charge in [-0.25, -0.2) is 0 Å². The van der Waals surface area contributed by atoms with E-state index in [1.165, 1.54) is 17.6 Å². The topological polar surface area (TPSA) is 23.1 Å². The minimum Gasteiger partial charge on any atom is -0.872 e. The Balaban J connectivity index is 0.000000980. The summed E-state index contributed by atoms with van der Waals surface area (Å²) in [7, 11) is 0. The molecular weight excluding hydrogens is 199 g/mol. The maximum atomic E-state index is 10.9. The maximum Gasteiger partial charge on any atom is 1.00 e. The van der Waals surface area contributed by atoms with Crippen molar-refractivity contribution >= 4 is 0 Å². The number of hydrogen-bond donors (Lipinski definition) is 0. The molecule has 0 N–H and O–H groups in total. The fourth-order valence-corrected chi connectivity index (χ4v) is 1.73. The van der Waals surface area contributed by atoms with E-state index in [-0.39, 0.29) is 57.1 Å². The largest absolute Gasteiger partial charge is 1.00 e. The van der Waals surface area contributed by atoms with Gasteiger partial charge in [-0.15, -0.1) is 5.75 Å². The van der Waals surface area contributed by atoms with E-state index in [1.54, 1.807) is 17.7 Å². The number of rotatable bonds is 1. The normalized spacial score (nSPS) is 18.7. The first kappa shape index (κ1) is 12.5. The molecule has 1 atom stereocenters. The third-order valence-corrected chi connectivity index (χ3v) is 2.61. The summed E-state index contributed by atoms with van der Waals surface area (Å²) in [4.78, 5) is 0. The molecule has 68 valence electrons. The predicted molar refractivity (Wildman–Crippen MR) is 51.6 cm³/mol. The second-order valence-electron chi connectivity index (χ2n) is 3.85. The fourth-order valence-electron chi connectivity index (χ4n) is 1.73. The van der Waals surface area contributed by atoms with Crippen LogP contribution in [0.2, 0.25) is 0 Å². The molecule has 0 spiro atoms. The van der Waals surface area contributed by atoms with Crippen LogP contribution in [0.5, 0.6) is 5.75 Å². The van der Waals surface area contributed by atoms with Crippen molar-refractivity contribution in [2.75, 3.05) is 0 Å². The first-order valence-corrected chi connectivity index (χ1v) is 4.61. The van der Waals surface area contributed by atoms with Gasteiger partial charge in [0.25, 0.3) is 0 Å². The maximum absolute atomic E-state index is 10.9. The summed E-state index contributed by atoms with van der Waals surface area (Å²) in [5.74, 6) is 0.703. The van der Waals surface area contributed by atoms with Crippen molar-refractivity contribution in [1.82, 2.24) is 0 Å². The zero-order valence-corrected chi connectivity index (χ0v) is 12.1. The van der Waals surface area contributed by atoms with E-state index in [0.717, 1.165) is 0 Å². The molecule has 0 aliphatic heterocycles. The molecule has 14 heavy (non-hydrogen) atoms.